The maximum absolute atomic E-state index is 16.3. The fraction of sp³-hybridized carbons (Fsp3) is 0.515. The number of benzene rings is 1. The molecule has 3 aromatic rings. The number of fused-ring (bicyclic) bond motifs is 2. The van der Waals surface area contributed by atoms with Crippen molar-refractivity contribution >= 4 is 11.9 Å². The molecule has 2 bridgehead atoms. The van der Waals surface area contributed by atoms with Crippen molar-refractivity contribution in [1.82, 2.24) is 19.9 Å². The number of methoxy groups -OCH3 is 2. The Kier molecular flexibility index (Phi) is 8.51. The summed E-state index contributed by atoms with van der Waals surface area (Å²) in [6, 6.07) is 7.56. The molecular weight excluding hydrogens is 584 g/mol. The van der Waals surface area contributed by atoms with Crippen LogP contribution in [0.25, 0.3) is 22.4 Å². The second-order valence-electron chi connectivity index (χ2n) is 12.8. The second-order valence-corrected chi connectivity index (χ2v) is 12.8. The first kappa shape index (κ1) is 30.9. The van der Waals surface area contributed by atoms with Crippen LogP contribution in [0, 0.1) is 5.95 Å². The summed E-state index contributed by atoms with van der Waals surface area (Å²) in [6.07, 6.45) is 5.44. The lowest BCUT2D eigenvalue weighted by Gasteiger charge is -2.45. The molecular formula is C33H39F2N5O5. The number of carbonyl (C=O) groups is 1. The first-order valence-corrected chi connectivity index (χ1v) is 15.3. The molecule has 2 aliphatic heterocycles. The maximum atomic E-state index is 16.3. The van der Waals surface area contributed by atoms with E-state index in [0.717, 1.165) is 19.3 Å². The molecule has 1 amide bonds. The van der Waals surface area contributed by atoms with Crippen LogP contribution in [0.1, 0.15) is 52.9 Å². The zero-order chi connectivity index (χ0) is 31.9. The van der Waals surface area contributed by atoms with E-state index in [0.29, 0.717) is 46.8 Å². The second kappa shape index (κ2) is 12.4. The minimum atomic E-state index is -1.24. The zero-order valence-corrected chi connectivity index (χ0v) is 26.2. The Hall–Kier alpha value is -4.06. The van der Waals surface area contributed by atoms with Crippen LogP contribution in [-0.2, 0) is 9.47 Å². The first-order chi connectivity index (χ1) is 21.6. The van der Waals surface area contributed by atoms with Gasteiger partial charge in [0.1, 0.15) is 23.3 Å². The number of piperidine rings is 1. The number of alkyl halides is 1. The van der Waals surface area contributed by atoms with Gasteiger partial charge in [-0.15, -0.1) is 0 Å². The molecule has 2 aromatic heterocycles. The Balaban J connectivity index is 1.25. The molecule has 4 atom stereocenters. The monoisotopic (exact) mass is 623 g/mol. The summed E-state index contributed by atoms with van der Waals surface area (Å²) >= 11 is 0. The fourth-order valence-corrected chi connectivity index (χ4v) is 6.46. The van der Waals surface area contributed by atoms with Gasteiger partial charge in [0.2, 0.25) is 11.8 Å². The minimum Gasteiger partial charge on any atom is -0.481 e. The van der Waals surface area contributed by atoms with E-state index in [9.17, 15) is 9.18 Å². The van der Waals surface area contributed by atoms with Crippen molar-refractivity contribution in [3.8, 4) is 34.0 Å². The number of amides is 1. The molecule has 3 aliphatic rings. The van der Waals surface area contributed by atoms with Gasteiger partial charge >= 0.3 is 6.09 Å². The van der Waals surface area contributed by atoms with Gasteiger partial charge in [0, 0.05) is 36.9 Å². The van der Waals surface area contributed by atoms with E-state index in [1.165, 1.54) is 20.3 Å². The lowest BCUT2D eigenvalue weighted by molar-refractivity contribution is -0.0108. The number of anilines is 1. The summed E-state index contributed by atoms with van der Waals surface area (Å²) in [6.45, 7) is 5.46. The van der Waals surface area contributed by atoms with Gasteiger partial charge < -0.3 is 23.8 Å². The molecule has 1 aromatic carbocycles. The molecule has 2 saturated heterocycles. The highest BCUT2D eigenvalue weighted by Gasteiger charge is 2.54. The highest BCUT2D eigenvalue weighted by atomic mass is 19.1. The normalized spacial score (nSPS) is 22.7. The quantitative estimate of drug-likeness (QED) is 0.204. The number of nitrogens with zero attached hydrogens (tertiary/aromatic N) is 5. The predicted molar refractivity (Wildman–Crippen MR) is 163 cm³/mol. The molecule has 12 heteroatoms. The van der Waals surface area contributed by atoms with E-state index in [4.69, 9.17) is 28.9 Å². The lowest BCUT2D eigenvalue weighted by Crippen LogP contribution is -2.60. The van der Waals surface area contributed by atoms with Crippen LogP contribution >= 0.6 is 0 Å². The highest BCUT2D eigenvalue weighted by molar-refractivity contribution is 5.75. The van der Waals surface area contributed by atoms with Crippen LogP contribution in [0.4, 0.5) is 19.4 Å². The molecule has 3 fully saturated rings. The van der Waals surface area contributed by atoms with Crippen molar-refractivity contribution in [3.05, 3.63) is 48.7 Å². The summed E-state index contributed by atoms with van der Waals surface area (Å²) < 4.78 is 52.2. The summed E-state index contributed by atoms with van der Waals surface area (Å²) in [5.41, 5.74) is 1.84. The largest absolute Gasteiger partial charge is 0.481 e. The van der Waals surface area contributed by atoms with Crippen LogP contribution in [0.15, 0.2) is 42.7 Å². The Morgan fingerprint density at radius 1 is 1.04 bits per heavy atom. The number of hydrogen-bond donors (Lipinski definition) is 0. The Morgan fingerprint density at radius 3 is 2.51 bits per heavy atom. The molecule has 6 rings (SSSR count). The first-order valence-electron chi connectivity index (χ1n) is 15.3. The summed E-state index contributed by atoms with van der Waals surface area (Å²) in [5, 5.41) is 0. The third-order valence-corrected chi connectivity index (χ3v) is 8.50. The summed E-state index contributed by atoms with van der Waals surface area (Å²) in [5.74, 6) is 0.582. The van der Waals surface area contributed by atoms with Crippen molar-refractivity contribution < 1.29 is 32.5 Å². The molecule has 1 aliphatic carbocycles. The molecule has 1 unspecified atom stereocenters. The fourth-order valence-electron chi connectivity index (χ4n) is 6.46. The number of ether oxygens (including phenoxy) is 4. The SMILES string of the molecule is COCOc1cc(-c2cc(F)nc(OC)c2)ccc1-c1cnc(N(C2CC2)C2C[C@H]3CC[C@@H]([C@@H]2F)N3C(=O)OC(C)(C)C)cn1. The Morgan fingerprint density at radius 2 is 1.84 bits per heavy atom. The topological polar surface area (TPSA) is 99.1 Å². The standard InChI is InChI=1S/C33H39F2N5O5/c1-33(2,3)45-32(41)40-22-9-11-25(40)31(35)26(15-22)39(21-7-8-21)29-17-36-24(16-37-29)23-10-6-19(12-27(23)44-18-42-4)20-13-28(34)38-30(14-20)43-5/h6,10,12-14,16-17,21-22,25-26,31H,7-9,11,15,18H2,1-5H3/t22-,25+,26?,31+/m1/s1. The molecule has 0 radical (unpaired) electrons. The van der Waals surface area contributed by atoms with Crippen molar-refractivity contribution in [2.24, 2.45) is 0 Å². The van der Waals surface area contributed by atoms with Crippen molar-refractivity contribution in [1.29, 1.82) is 0 Å². The van der Waals surface area contributed by atoms with Gasteiger partial charge in [-0.3, -0.25) is 9.88 Å². The third kappa shape index (κ3) is 6.51. The molecule has 10 nitrogen and oxygen atoms in total. The number of pyridine rings is 1. The van der Waals surface area contributed by atoms with Gasteiger partial charge in [-0.25, -0.2) is 14.2 Å². The van der Waals surface area contributed by atoms with E-state index in [-0.39, 0.29) is 24.8 Å². The minimum absolute atomic E-state index is 0.00628. The molecule has 0 spiro atoms. The summed E-state index contributed by atoms with van der Waals surface area (Å²) in [4.78, 5) is 29.9. The van der Waals surface area contributed by atoms with Gasteiger partial charge in [0.05, 0.1) is 37.3 Å². The van der Waals surface area contributed by atoms with Crippen LogP contribution in [0.3, 0.4) is 0 Å². The van der Waals surface area contributed by atoms with E-state index >= 15 is 4.39 Å². The molecule has 4 heterocycles. The van der Waals surface area contributed by atoms with Gasteiger partial charge in [-0.2, -0.15) is 9.37 Å². The number of rotatable bonds is 9. The van der Waals surface area contributed by atoms with Gasteiger partial charge in [0.25, 0.3) is 0 Å². The number of aromatic nitrogens is 3. The maximum Gasteiger partial charge on any atom is 0.410 e. The smallest absolute Gasteiger partial charge is 0.410 e. The van der Waals surface area contributed by atoms with Crippen LogP contribution < -0.4 is 14.4 Å². The molecule has 1 saturated carbocycles. The van der Waals surface area contributed by atoms with Crippen LogP contribution in [0.5, 0.6) is 11.6 Å². The number of halogens is 2. The van der Waals surface area contributed by atoms with Gasteiger partial charge in [0.15, 0.2) is 6.79 Å². The van der Waals surface area contributed by atoms with E-state index in [1.54, 1.807) is 29.4 Å². The molecule has 45 heavy (non-hydrogen) atoms. The lowest BCUT2D eigenvalue weighted by atomic mass is 9.94. The van der Waals surface area contributed by atoms with Crippen molar-refractivity contribution in [2.75, 3.05) is 25.9 Å². The van der Waals surface area contributed by atoms with Crippen LogP contribution in [0.2, 0.25) is 0 Å². The van der Waals surface area contributed by atoms with Crippen molar-refractivity contribution in [2.45, 2.75) is 88.8 Å². The van der Waals surface area contributed by atoms with E-state index in [2.05, 4.69) is 9.88 Å². The predicted octanol–water partition coefficient (Wildman–Crippen LogP) is 6.18. The number of carbonyl (C=O) groups excluding carboxylic acids is 1. The Labute approximate surface area is 261 Å². The Bertz CT molecular complexity index is 1530. The average molecular weight is 624 g/mol. The van der Waals surface area contributed by atoms with E-state index < -0.39 is 35.9 Å². The molecule has 240 valence electrons. The third-order valence-electron chi connectivity index (χ3n) is 8.50. The highest BCUT2D eigenvalue weighted by Crippen LogP contribution is 2.44. The van der Waals surface area contributed by atoms with Gasteiger partial charge in [-0.05, 0) is 76.1 Å². The number of hydrogen-bond acceptors (Lipinski definition) is 9. The van der Waals surface area contributed by atoms with Crippen molar-refractivity contribution in [3.63, 3.8) is 0 Å². The average Bonchev–Trinajstić information content (AvgIpc) is 3.78. The summed E-state index contributed by atoms with van der Waals surface area (Å²) in [7, 11) is 2.95. The van der Waals surface area contributed by atoms with E-state index in [1.807, 2.05) is 32.9 Å². The van der Waals surface area contributed by atoms with Crippen LogP contribution in [-0.4, -0.2) is 82.9 Å². The molecule has 0 N–H and O–H groups in total. The van der Waals surface area contributed by atoms with Gasteiger partial charge in [-0.1, -0.05) is 6.07 Å². The zero-order valence-electron chi connectivity index (χ0n) is 26.2.